The quantitative estimate of drug-likeness (QED) is 0.367. The van der Waals surface area contributed by atoms with E-state index in [0.29, 0.717) is 17.3 Å². The number of aromatic nitrogens is 3. The third-order valence-electron chi connectivity index (χ3n) is 5.31. The number of carbonyl (C=O) groups is 1. The van der Waals surface area contributed by atoms with Gasteiger partial charge >= 0.3 is 0 Å². The molecule has 5 rings (SSSR count). The van der Waals surface area contributed by atoms with Crippen LogP contribution in [0.25, 0.3) is 22.7 Å². The van der Waals surface area contributed by atoms with Crippen molar-refractivity contribution in [3.8, 4) is 5.75 Å². The topological polar surface area (TPSA) is 98.1 Å². The molecular weight excluding hydrogens is 392 g/mol. The predicted molar refractivity (Wildman–Crippen MR) is 124 cm³/mol. The molecule has 1 aliphatic heterocycles. The van der Waals surface area contributed by atoms with Gasteiger partial charge in [-0.3, -0.25) is 4.79 Å². The summed E-state index contributed by atoms with van der Waals surface area (Å²) in [5, 5.41) is 6.23. The van der Waals surface area contributed by atoms with E-state index in [4.69, 9.17) is 9.72 Å². The predicted octanol–water partition coefficient (Wildman–Crippen LogP) is 4.20. The fourth-order valence-corrected chi connectivity index (χ4v) is 3.74. The van der Waals surface area contributed by atoms with Crippen LogP contribution in [0.3, 0.4) is 0 Å². The minimum atomic E-state index is -0.170. The zero-order valence-corrected chi connectivity index (χ0v) is 17.4. The van der Waals surface area contributed by atoms with Crippen molar-refractivity contribution in [3.05, 3.63) is 59.9 Å². The van der Waals surface area contributed by atoms with Gasteiger partial charge in [-0.2, -0.15) is 0 Å². The molecule has 0 fully saturated rings. The summed E-state index contributed by atoms with van der Waals surface area (Å²) >= 11 is 0. The molecule has 8 heteroatoms. The Kier molecular flexibility index (Phi) is 4.39. The number of hydrogen-bond donors (Lipinski definition) is 4. The van der Waals surface area contributed by atoms with E-state index in [9.17, 15) is 4.79 Å². The van der Waals surface area contributed by atoms with Crippen LogP contribution in [0.4, 0.5) is 23.0 Å². The highest BCUT2D eigenvalue weighted by atomic mass is 16.5. The van der Waals surface area contributed by atoms with Gasteiger partial charge in [-0.05, 0) is 48.5 Å². The summed E-state index contributed by atoms with van der Waals surface area (Å²) in [5.41, 5.74) is 6.37. The fourth-order valence-electron chi connectivity index (χ4n) is 3.74. The van der Waals surface area contributed by atoms with E-state index in [0.717, 1.165) is 39.4 Å². The zero-order chi connectivity index (χ0) is 21.5. The van der Waals surface area contributed by atoms with Crippen LogP contribution in [-0.2, 0) is 4.79 Å². The number of amides is 1. The first-order valence-corrected chi connectivity index (χ1v) is 9.85. The van der Waals surface area contributed by atoms with Gasteiger partial charge in [-0.1, -0.05) is 0 Å². The van der Waals surface area contributed by atoms with Crippen LogP contribution < -0.4 is 20.3 Å². The van der Waals surface area contributed by atoms with Crippen molar-refractivity contribution in [2.24, 2.45) is 0 Å². The van der Waals surface area contributed by atoms with Gasteiger partial charge in [-0.25, -0.2) is 4.98 Å². The maximum Gasteiger partial charge on any atom is 0.256 e. The molecule has 1 aliphatic rings. The molecule has 0 atom stereocenters. The number of hydrogen-bond acceptors (Lipinski definition) is 5. The number of rotatable bonds is 5. The van der Waals surface area contributed by atoms with Crippen molar-refractivity contribution in [1.29, 1.82) is 0 Å². The zero-order valence-electron chi connectivity index (χ0n) is 17.4. The summed E-state index contributed by atoms with van der Waals surface area (Å²) < 4.78 is 5.36. The van der Waals surface area contributed by atoms with E-state index in [-0.39, 0.29) is 5.91 Å². The molecular formula is C23H22N6O2. The van der Waals surface area contributed by atoms with Gasteiger partial charge in [0.1, 0.15) is 11.3 Å². The first kappa shape index (κ1) is 18.8. The van der Waals surface area contributed by atoms with Gasteiger partial charge in [0.25, 0.3) is 5.91 Å². The molecule has 0 aliphatic carbocycles. The van der Waals surface area contributed by atoms with Gasteiger partial charge in [0, 0.05) is 37.2 Å². The Bertz CT molecular complexity index is 1310. The average Bonchev–Trinajstić information content (AvgIpc) is 3.45. The largest absolute Gasteiger partial charge is 0.495 e. The summed E-state index contributed by atoms with van der Waals surface area (Å²) in [6.07, 6.45) is 3.57. The fraction of sp³-hybridized carbons (Fsp3) is 0.130. The van der Waals surface area contributed by atoms with Crippen LogP contribution in [-0.4, -0.2) is 42.1 Å². The van der Waals surface area contributed by atoms with Crippen LogP contribution in [0.15, 0.2) is 48.7 Å². The Morgan fingerprint density at radius 1 is 1.10 bits per heavy atom. The summed E-state index contributed by atoms with van der Waals surface area (Å²) in [6, 6.07) is 13.7. The highest BCUT2D eigenvalue weighted by Gasteiger charge is 2.28. The Morgan fingerprint density at radius 2 is 1.90 bits per heavy atom. The van der Waals surface area contributed by atoms with E-state index in [1.165, 1.54) is 0 Å². The number of benzene rings is 2. The van der Waals surface area contributed by atoms with Crippen LogP contribution in [0.1, 0.15) is 11.3 Å². The van der Waals surface area contributed by atoms with Crippen molar-refractivity contribution in [2.75, 3.05) is 36.7 Å². The van der Waals surface area contributed by atoms with Crippen molar-refractivity contribution in [3.63, 3.8) is 0 Å². The molecule has 0 unspecified atom stereocenters. The molecule has 0 saturated heterocycles. The number of aromatic amines is 2. The Labute approximate surface area is 178 Å². The van der Waals surface area contributed by atoms with E-state index >= 15 is 0 Å². The van der Waals surface area contributed by atoms with E-state index in [2.05, 4.69) is 20.6 Å². The minimum Gasteiger partial charge on any atom is -0.495 e. The molecule has 2 aromatic carbocycles. The molecule has 3 heterocycles. The molecule has 4 aromatic rings. The molecule has 0 radical (unpaired) electrons. The lowest BCUT2D eigenvalue weighted by molar-refractivity contribution is -0.110. The number of ether oxygens (including phenoxy) is 1. The number of fused-ring (bicyclic) bond motifs is 3. The number of imidazole rings is 1. The van der Waals surface area contributed by atoms with Gasteiger partial charge in [0.2, 0.25) is 5.95 Å². The lowest BCUT2D eigenvalue weighted by Crippen LogP contribution is -2.08. The van der Waals surface area contributed by atoms with Gasteiger partial charge in [0.15, 0.2) is 0 Å². The van der Waals surface area contributed by atoms with Gasteiger partial charge < -0.3 is 30.2 Å². The Hall–Kier alpha value is -4.20. The van der Waals surface area contributed by atoms with Crippen molar-refractivity contribution in [1.82, 2.24) is 15.0 Å². The van der Waals surface area contributed by atoms with E-state index in [1.807, 2.05) is 61.5 Å². The maximum absolute atomic E-state index is 12.7. The van der Waals surface area contributed by atoms with Crippen LogP contribution in [0.5, 0.6) is 5.75 Å². The van der Waals surface area contributed by atoms with Crippen LogP contribution in [0, 0.1) is 0 Å². The first-order chi connectivity index (χ1) is 15.0. The van der Waals surface area contributed by atoms with Gasteiger partial charge in [0.05, 0.1) is 29.6 Å². The molecule has 31 heavy (non-hydrogen) atoms. The lowest BCUT2D eigenvalue weighted by atomic mass is 10.0. The molecule has 0 spiro atoms. The van der Waals surface area contributed by atoms with Crippen molar-refractivity contribution < 1.29 is 9.53 Å². The molecule has 156 valence electrons. The van der Waals surface area contributed by atoms with Crippen molar-refractivity contribution >= 4 is 51.6 Å². The third kappa shape index (κ3) is 3.28. The number of anilines is 4. The monoisotopic (exact) mass is 414 g/mol. The Balaban J connectivity index is 1.54. The normalized spacial score (nSPS) is 14.0. The second-order valence-corrected chi connectivity index (χ2v) is 7.51. The lowest BCUT2D eigenvalue weighted by Gasteiger charge is -2.12. The second-order valence-electron chi connectivity index (χ2n) is 7.51. The second kappa shape index (κ2) is 7.24. The maximum atomic E-state index is 12.7. The summed E-state index contributed by atoms with van der Waals surface area (Å²) in [4.78, 5) is 25.9. The molecule has 0 bridgehead atoms. The van der Waals surface area contributed by atoms with Crippen LogP contribution >= 0.6 is 0 Å². The molecule has 4 N–H and O–H groups in total. The number of carbonyl (C=O) groups excluding carboxylic acids is 1. The summed E-state index contributed by atoms with van der Waals surface area (Å²) in [5.74, 6) is 1.11. The highest BCUT2D eigenvalue weighted by Crippen LogP contribution is 2.39. The van der Waals surface area contributed by atoms with E-state index < -0.39 is 0 Å². The number of methoxy groups -OCH3 is 1. The summed E-state index contributed by atoms with van der Waals surface area (Å²) in [7, 11) is 5.61. The minimum absolute atomic E-state index is 0.170. The first-order valence-electron chi connectivity index (χ1n) is 9.85. The van der Waals surface area contributed by atoms with Gasteiger partial charge in [-0.15, -0.1) is 0 Å². The summed E-state index contributed by atoms with van der Waals surface area (Å²) in [6.45, 7) is 0. The smallest absolute Gasteiger partial charge is 0.256 e. The number of nitrogens with one attached hydrogen (secondary N) is 4. The number of nitrogens with zero attached hydrogens (tertiary/aromatic N) is 2. The van der Waals surface area contributed by atoms with Crippen molar-refractivity contribution in [2.45, 2.75) is 0 Å². The molecule has 2 aromatic heterocycles. The van der Waals surface area contributed by atoms with E-state index in [1.54, 1.807) is 19.4 Å². The average molecular weight is 414 g/mol. The standard InChI is InChI=1S/C23H22N6O2/c1-29(2)14-6-4-13(5-7-14)25-23-27-17-9-8-16-20(21(17)28-23)15(22(30)26-16)12-18-19(31-3)10-11-24-18/h4-12,24H,1-3H3,(H,26,30)(H2,25,27,28). The third-order valence-corrected chi connectivity index (χ3v) is 5.31. The molecule has 8 nitrogen and oxygen atoms in total. The molecule has 1 amide bonds. The van der Waals surface area contributed by atoms with Crippen LogP contribution in [0.2, 0.25) is 0 Å². The number of H-pyrrole nitrogens is 2. The SMILES string of the molecule is COc1cc[nH]c1C=C1C(=O)Nc2ccc3[nH]c(Nc4ccc(N(C)C)cc4)nc3c21. The molecule has 0 saturated carbocycles. The highest BCUT2D eigenvalue weighted by molar-refractivity contribution is 6.37. The Morgan fingerprint density at radius 3 is 2.65 bits per heavy atom.